The van der Waals surface area contributed by atoms with Crippen LogP contribution in [0.2, 0.25) is 0 Å². The van der Waals surface area contributed by atoms with Gasteiger partial charge in [-0.25, -0.2) is 0 Å². The van der Waals surface area contributed by atoms with Crippen LogP contribution in [-0.2, 0) is 4.79 Å². The number of piperidine rings is 1. The highest BCUT2D eigenvalue weighted by Gasteiger charge is 2.26. The first kappa shape index (κ1) is 16.8. The van der Waals surface area contributed by atoms with Gasteiger partial charge in [0, 0.05) is 6.54 Å². The summed E-state index contributed by atoms with van der Waals surface area (Å²) in [5.74, 6) is 0.947. The fourth-order valence-corrected chi connectivity index (χ4v) is 2.74. The summed E-state index contributed by atoms with van der Waals surface area (Å²) in [4.78, 5) is 12.0. The van der Waals surface area contributed by atoms with E-state index in [1.54, 1.807) is 0 Å². The van der Waals surface area contributed by atoms with Crippen LogP contribution in [-0.4, -0.2) is 32.1 Å². The van der Waals surface area contributed by atoms with E-state index in [1.807, 2.05) is 19.1 Å². The maximum Gasteiger partial charge on any atom is 0.223 e. The maximum absolute atomic E-state index is 12.0. The molecule has 1 amide bonds. The number of hydrogen-bond acceptors (Lipinski definition) is 3. The van der Waals surface area contributed by atoms with E-state index >= 15 is 0 Å². The summed E-state index contributed by atoms with van der Waals surface area (Å²) in [6.07, 6.45) is 2.64. The maximum atomic E-state index is 12.0. The third-order valence-electron chi connectivity index (χ3n) is 4.66. The average Bonchev–Trinajstić information content (AvgIpc) is 2.50. The summed E-state index contributed by atoms with van der Waals surface area (Å²) < 4.78 is 5.73. The summed E-state index contributed by atoms with van der Waals surface area (Å²) in [6, 6.07) is 6.00. The van der Waals surface area contributed by atoms with E-state index in [4.69, 9.17) is 4.74 Å². The summed E-state index contributed by atoms with van der Waals surface area (Å²) in [5, 5.41) is 6.42. The monoisotopic (exact) mass is 304 g/mol. The number of ether oxygens (including phenoxy) is 1. The molecule has 0 unspecified atom stereocenters. The van der Waals surface area contributed by atoms with Crippen LogP contribution < -0.4 is 15.4 Å². The van der Waals surface area contributed by atoms with Crippen molar-refractivity contribution in [2.45, 2.75) is 40.0 Å². The molecule has 1 heterocycles. The van der Waals surface area contributed by atoms with Crippen molar-refractivity contribution in [2.24, 2.45) is 5.41 Å². The third-order valence-corrected chi connectivity index (χ3v) is 4.66. The Morgan fingerprint density at radius 1 is 1.32 bits per heavy atom. The zero-order valence-electron chi connectivity index (χ0n) is 14.0. The van der Waals surface area contributed by atoms with Crippen molar-refractivity contribution < 1.29 is 9.53 Å². The average molecular weight is 304 g/mol. The molecule has 22 heavy (non-hydrogen) atoms. The normalized spacial score (nSPS) is 17.0. The minimum absolute atomic E-state index is 0.0741. The summed E-state index contributed by atoms with van der Waals surface area (Å²) in [7, 11) is 0. The van der Waals surface area contributed by atoms with Crippen LogP contribution in [0.1, 0.15) is 37.3 Å². The van der Waals surface area contributed by atoms with E-state index in [2.05, 4.69) is 30.5 Å². The highest BCUT2D eigenvalue weighted by atomic mass is 16.5. The van der Waals surface area contributed by atoms with Crippen LogP contribution in [0.5, 0.6) is 5.75 Å². The van der Waals surface area contributed by atoms with Gasteiger partial charge >= 0.3 is 0 Å². The number of hydrogen-bond donors (Lipinski definition) is 2. The number of benzene rings is 1. The van der Waals surface area contributed by atoms with Gasteiger partial charge < -0.3 is 15.4 Å². The van der Waals surface area contributed by atoms with Crippen molar-refractivity contribution in [3.8, 4) is 5.75 Å². The van der Waals surface area contributed by atoms with Gasteiger partial charge in [-0.15, -0.1) is 0 Å². The van der Waals surface area contributed by atoms with Crippen LogP contribution in [0.15, 0.2) is 18.2 Å². The minimum atomic E-state index is 0.0741. The van der Waals surface area contributed by atoms with E-state index in [0.717, 1.165) is 43.8 Å². The van der Waals surface area contributed by atoms with Crippen molar-refractivity contribution in [3.63, 3.8) is 0 Å². The summed E-state index contributed by atoms with van der Waals surface area (Å²) >= 11 is 0. The lowest BCUT2D eigenvalue weighted by atomic mass is 9.81. The number of rotatable bonds is 6. The molecular formula is C18H28N2O2. The highest BCUT2D eigenvalue weighted by molar-refractivity contribution is 5.76. The van der Waals surface area contributed by atoms with Gasteiger partial charge in [-0.05, 0) is 62.4 Å². The molecule has 1 aliphatic heterocycles. The molecule has 1 aliphatic rings. The quantitative estimate of drug-likeness (QED) is 0.849. The predicted molar refractivity (Wildman–Crippen MR) is 89.2 cm³/mol. The molecule has 0 atom stereocenters. The SMILES string of the molecule is Cc1cccc(OCCC(=O)NCC2(C)CCNCC2)c1C. The van der Waals surface area contributed by atoms with Crippen LogP contribution in [0.4, 0.5) is 0 Å². The van der Waals surface area contributed by atoms with Crippen molar-refractivity contribution in [1.82, 2.24) is 10.6 Å². The molecule has 2 N–H and O–H groups in total. The van der Waals surface area contributed by atoms with E-state index in [1.165, 1.54) is 5.56 Å². The standard InChI is InChI=1S/C18H28N2O2/c1-14-5-4-6-16(15(14)2)22-12-7-17(21)20-13-18(3)8-10-19-11-9-18/h4-6,19H,7-13H2,1-3H3,(H,20,21). The van der Waals surface area contributed by atoms with E-state index in [-0.39, 0.29) is 11.3 Å². The van der Waals surface area contributed by atoms with Gasteiger partial charge in [-0.1, -0.05) is 19.1 Å². The number of aryl methyl sites for hydroxylation is 1. The Morgan fingerprint density at radius 3 is 2.77 bits per heavy atom. The molecule has 1 aromatic carbocycles. The van der Waals surface area contributed by atoms with Gasteiger partial charge in [0.1, 0.15) is 5.75 Å². The first-order chi connectivity index (χ1) is 10.5. The Kier molecular flexibility index (Phi) is 5.83. The second-order valence-corrected chi connectivity index (χ2v) is 6.63. The molecule has 1 saturated heterocycles. The highest BCUT2D eigenvalue weighted by Crippen LogP contribution is 2.26. The van der Waals surface area contributed by atoms with E-state index in [9.17, 15) is 4.79 Å². The van der Waals surface area contributed by atoms with Gasteiger partial charge in [-0.2, -0.15) is 0 Å². The van der Waals surface area contributed by atoms with E-state index < -0.39 is 0 Å². The lowest BCUT2D eigenvalue weighted by Gasteiger charge is -2.34. The molecule has 0 radical (unpaired) electrons. The minimum Gasteiger partial charge on any atom is -0.493 e. The van der Waals surface area contributed by atoms with Crippen LogP contribution in [0.3, 0.4) is 0 Å². The van der Waals surface area contributed by atoms with Gasteiger partial charge in [0.2, 0.25) is 5.91 Å². The molecule has 4 heteroatoms. The van der Waals surface area contributed by atoms with Crippen molar-refractivity contribution in [2.75, 3.05) is 26.2 Å². The molecule has 122 valence electrons. The fourth-order valence-electron chi connectivity index (χ4n) is 2.74. The van der Waals surface area contributed by atoms with Crippen LogP contribution >= 0.6 is 0 Å². The van der Waals surface area contributed by atoms with Gasteiger partial charge in [0.15, 0.2) is 0 Å². The fraction of sp³-hybridized carbons (Fsp3) is 0.611. The zero-order valence-corrected chi connectivity index (χ0v) is 14.0. The first-order valence-electron chi connectivity index (χ1n) is 8.17. The summed E-state index contributed by atoms with van der Waals surface area (Å²) in [5.41, 5.74) is 2.58. The molecule has 0 aromatic heterocycles. The Morgan fingerprint density at radius 2 is 2.05 bits per heavy atom. The number of nitrogens with one attached hydrogen (secondary N) is 2. The number of carbonyl (C=O) groups is 1. The van der Waals surface area contributed by atoms with Gasteiger partial charge in [0.25, 0.3) is 0 Å². The van der Waals surface area contributed by atoms with Crippen molar-refractivity contribution in [1.29, 1.82) is 0 Å². The van der Waals surface area contributed by atoms with Gasteiger partial charge in [0.05, 0.1) is 13.0 Å². The smallest absolute Gasteiger partial charge is 0.223 e. The molecule has 1 fully saturated rings. The Bertz CT molecular complexity index is 508. The zero-order chi connectivity index (χ0) is 16.0. The molecule has 0 spiro atoms. The summed E-state index contributed by atoms with van der Waals surface area (Å²) in [6.45, 7) is 9.63. The topological polar surface area (TPSA) is 50.4 Å². The lowest BCUT2D eigenvalue weighted by Crippen LogP contribution is -2.43. The molecule has 0 aliphatic carbocycles. The molecule has 1 aromatic rings. The first-order valence-corrected chi connectivity index (χ1v) is 8.17. The van der Waals surface area contributed by atoms with Crippen molar-refractivity contribution >= 4 is 5.91 Å². The predicted octanol–water partition coefficient (Wildman–Crippen LogP) is 2.58. The number of carbonyl (C=O) groups excluding carboxylic acids is 1. The second kappa shape index (κ2) is 7.63. The number of amides is 1. The molecular weight excluding hydrogens is 276 g/mol. The lowest BCUT2D eigenvalue weighted by molar-refractivity contribution is -0.122. The Hall–Kier alpha value is -1.55. The molecule has 0 bridgehead atoms. The Balaban J connectivity index is 1.70. The van der Waals surface area contributed by atoms with Crippen molar-refractivity contribution in [3.05, 3.63) is 29.3 Å². The molecule has 2 rings (SSSR count). The second-order valence-electron chi connectivity index (χ2n) is 6.63. The third kappa shape index (κ3) is 4.73. The van der Waals surface area contributed by atoms with Crippen LogP contribution in [0, 0.1) is 19.3 Å². The molecule has 4 nitrogen and oxygen atoms in total. The van der Waals surface area contributed by atoms with Crippen LogP contribution in [0.25, 0.3) is 0 Å². The van der Waals surface area contributed by atoms with E-state index in [0.29, 0.717) is 13.0 Å². The largest absolute Gasteiger partial charge is 0.493 e. The Labute approximate surface area is 133 Å². The molecule has 0 saturated carbocycles. The van der Waals surface area contributed by atoms with Gasteiger partial charge in [-0.3, -0.25) is 4.79 Å².